The van der Waals surface area contributed by atoms with Crippen molar-refractivity contribution in [2.75, 3.05) is 6.61 Å². The van der Waals surface area contributed by atoms with Crippen LogP contribution in [0, 0.1) is 6.92 Å². The first-order valence-electron chi connectivity index (χ1n) is 5.23. The van der Waals surface area contributed by atoms with Gasteiger partial charge < -0.3 is 9.72 Å². The van der Waals surface area contributed by atoms with Crippen LogP contribution in [0.15, 0.2) is 8.58 Å². The van der Waals surface area contributed by atoms with Gasteiger partial charge in [0.1, 0.15) is 8.49 Å². The molecule has 0 spiro atoms. The van der Waals surface area contributed by atoms with Gasteiger partial charge in [-0.05, 0) is 28.4 Å². The van der Waals surface area contributed by atoms with Crippen molar-refractivity contribution in [2.45, 2.75) is 19.3 Å². The number of pyridine rings is 1. The first-order chi connectivity index (χ1) is 8.39. The van der Waals surface area contributed by atoms with Crippen LogP contribution in [0.4, 0.5) is 8.78 Å². The third kappa shape index (κ3) is 1.68. The molecule has 3 heterocycles. The zero-order chi connectivity index (χ0) is 13.1. The largest absolute Gasteiger partial charge is 0.485 e. The van der Waals surface area contributed by atoms with Gasteiger partial charge in [0.15, 0.2) is 12.4 Å². The minimum atomic E-state index is -2.92. The van der Waals surface area contributed by atoms with E-state index in [2.05, 4.69) is 20.9 Å². The van der Waals surface area contributed by atoms with Gasteiger partial charge in [0.25, 0.3) is 11.5 Å². The fourth-order valence-corrected chi connectivity index (χ4v) is 3.84. The Kier molecular flexibility index (Phi) is 2.54. The molecule has 0 amide bonds. The highest BCUT2D eigenvalue weighted by molar-refractivity contribution is 9.11. The number of hydrogen-bond donors (Lipinski definition) is 1. The van der Waals surface area contributed by atoms with E-state index < -0.39 is 19.0 Å². The molecule has 2 aromatic heterocycles. The monoisotopic (exact) mass is 335 g/mol. The predicted octanol–water partition coefficient (Wildman–Crippen LogP) is 3.23. The number of aromatic nitrogens is 1. The van der Waals surface area contributed by atoms with Gasteiger partial charge in [-0.1, -0.05) is 0 Å². The average Bonchev–Trinajstić information content (AvgIpc) is 2.51. The van der Waals surface area contributed by atoms with E-state index in [1.165, 1.54) is 11.3 Å². The number of halogens is 3. The number of aromatic amines is 1. The highest BCUT2D eigenvalue weighted by Gasteiger charge is 2.37. The average molecular weight is 336 g/mol. The van der Waals surface area contributed by atoms with E-state index in [-0.39, 0.29) is 5.56 Å². The van der Waals surface area contributed by atoms with Crippen LogP contribution in [0.1, 0.15) is 11.3 Å². The molecule has 3 nitrogen and oxygen atoms in total. The normalized spacial score (nSPS) is 17.6. The maximum absolute atomic E-state index is 13.6. The number of thiophene rings is 1. The van der Waals surface area contributed by atoms with Gasteiger partial charge in [-0.15, -0.1) is 11.3 Å². The number of nitrogens with one attached hydrogen (secondary N) is 1. The van der Waals surface area contributed by atoms with Crippen LogP contribution in [0.2, 0.25) is 0 Å². The van der Waals surface area contributed by atoms with E-state index in [1.807, 2.05) is 0 Å². The van der Waals surface area contributed by atoms with Gasteiger partial charge in [-0.2, -0.15) is 0 Å². The van der Waals surface area contributed by atoms with Crippen molar-refractivity contribution < 1.29 is 13.5 Å². The Bertz CT molecular complexity index is 707. The van der Waals surface area contributed by atoms with E-state index in [9.17, 15) is 13.6 Å². The molecule has 0 saturated heterocycles. The third-order valence-corrected chi connectivity index (χ3v) is 4.75. The minimum Gasteiger partial charge on any atom is -0.485 e. The van der Waals surface area contributed by atoms with E-state index in [1.54, 1.807) is 6.92 Å². The van der Waals surface area contributed by atoms with Gasteiger partial charge in [-0.3, -0.25) is 4.79 Å². The quantitative estimate of drug-likeness (QED) is 0.803. The summed E-state index contributed by atoms with van der Waals surface area (Å²) in [7, 11) is 0. The lowest BCUT2D eigenvalue weighted by molar-refractivity contribution is -0.0373. The summed E-state index contributed by atoms with van der Waals surface area (Å²) < 4.78 is 33.4. The van der Waals surface area contributed by atoms with Gasteiger partial charge >= 0.3 is 0 Å². The molecule has 0 saturated carbocycles. The molecule has 0 atom stereocenters. The van der Waals surface area contributed by atoms with Crippen molar-refractivity contribution in [3.63, 3.8) is 0 Å². The van der Waals surface area contributed by atoms with Crippen LogP contribution in [0.3, 0.4) is 0 Å². The summed E-state index contributed by atoms with van der Waals surface area (Å²) in [5.41, 5.74) is 0.672. The fourth-order valence-electron chi connectivity index (χ4n) is 2.15. The van der Waals surface area contributed by atoms with Crippen molar-refractivity contribution in [1.82, 2.24) is 4.98 Å². The van der Waals surface area contributed by atoms with Crippen LogP contribution in [0.25, 0.3) is 10.1 Å². The molecule has 0 radical (unpaired) electrons. The number of ether oxygens (including phenoxy) is 1. The summed E-state index contributed by atoms with van der Waals surface area (Å²) in [4.78, 5) is 14.4. The summed E-state index contributed by atoms with van der Waals surface area (Å²) in [6.45, 7) is 0.965. The van der Waals surface area contributed by atoms with Crippen LogP contribution in [-0.2, 0) is 6.42 Å². The molecule has 0 aromatic carbocycles. The minimum absolute atomic E-state index is 0.267. The van der Waals surface area contributed by atoms with Crippen molar-refractivity contribution in [1.29, 1.82) is 0 Å². The van der Waals surface area contributed by atoms with Crippen molar-refractivity contribution in [3.05, 3.63) is 25.4 Å². The van der Waals surface area contributed by atoms with Crippen LogP contribution in [-0.4, -0.2) is 17.5 Å². The molecular weight excluding hydrogens is 328 g/mol. The van der Waals surface area contributed by atoms with Gasteiger partial charge in [-0.25, -0.2) is 8.78 Å². The molecule has 3 rings (SSSR count). The standard InChI is InChI=1S/C11H8BrF2NO2S/c1-4-5-2-11(13,14)3-17-7-6(5)8(10(16)15-4)18-9(7)12/h2-3H2,1H3,(H,15,16). The van der Waals surface area contributed by atoms with E-state index in [0.29, 0.717) is 30.9 Å². The second-order valence-corrected chi connectivity index (χ2v) is 6.63. The topological polar surface area (TPSA) is 42.1 Å². The summed E-state index contributed by atoms with van der Waals surface area (Å²) >= 11 is 4.47. The predicted molar refractivity (Wildman–Crippen MR) is 69.0 cm³/mol. The Morgan fingerprint density at radius 2 is 2.22 bits per heavy atom. The summed E-state index contributed by atoms with van der Waals surface area (Å²) in [5, 5.41) is 0.519. The zero-order valence-corrected chi connectivity index (χ0v) is 11.7. The van der Waals surface area contributed by atoms with Gasteiger partial charge in [0.2, 0.25) is 0 Å². The first kappa shape index (κ1) is 12.1. The highest BCUT2D eigenvalue weighted by atomic mass is 79.9. The maximum Gasteiger partial charge on any atom is 0.285 e. The van der Waals surface area contributed by atoms with Crippen molar-refractivity contribution in [2.24, 2.45) is 0 Å². The number of hydrogen-bond acceptors (Lipinski definition) is 3. The molecule has 1 aliphatic rings. The van der Waals surface area contributed by atoms with Crippen LogP contribution >= 0.6 is 27.3 Å². The maximum atomic E-state index is 13.6. The lowest BCUT2D eigenvalue weighted by atomic mass is 10.0. The van der Waals surface area contributed by atoms with Crippen LogP contribution in [0.5, 0.6) is 5.75 Å². The molecule has 1 N–H and O–H groups in total. The number of H-pyrrole nitrogens is 1. The Morgan fingerprint density at radius 3 is 2.94 bits per heavy atom. The molecular formula is C11H8BrF2NO2S. The molecule has 96 valence electrons. The number of aryl methyl sites for hydroxylation is 1. The molecule has 7 heteroatoms. The lowest BCUT2D eigenvalue weighted by Gasteiger charge is -2.14. The summed E-state index contributed by atoms with van der Waals surface area (Å²) in [6.07, 6.45) is -0.414. The van der Waals surface area contributed by atoms with Gasteiger partial charge in [0.05, 0.1) is 0 Å². The molecule has 0 bridgehead atoms. The second kappa shape index (κ2) is 3.77. The smallest absolute Gasteiger partial charge is 0.285 e. The Morgan fingerprint density at radius 1 is 1.50 bits per heavy atom. The highest BCUT2D eigenvalue weighted by Crippen LogP contribution is 2.45. The molecule has 0 aliphatic carbocycles. The summed E-state index contributed by atoms with van der Waals surface area (Å²) in [5.74, 6) is -2.57. The van der Waals surface area contributed by atoms with Crippen molar-refractivity contribution in [3.8, 4) is 5.75 Å². The Hall–Kier alpha value is -0.950. The van der Waals surface area contributed by atoms with E-state index >= 15 is 0 Å². The molecule has 0 fully saturated rings. The number of alkyl halides is 2. The molecule has 2 aromatic rings. The van der Waals surface area contributed by atoms with Crippen molar-refractivity contribution >= 4 is 37.4 Å². The summed E-state index contributed by atoms with van der Waals surface area (Å²) in [6, 6.07) is 0. The van der Waals surface area contributed by atoms with Crippen LogP contribution < -0.4 is 10.3 Å². The number of rotatable bonds is 0. The molecule has 0 unspecified atom stereocenters. The Labute approximate surface area is 113 Å². The zero-order valence-electron chi connectivity index (χ0n) is 9.27. The third-order valence-electron chi connectivity index (χ3n) is 2.95. The SMILES string of the molecule is Cc1[nH]c(=O)c2sc(Br)c3c2c1CC(F)(F)CO3. The van der Waals surface area contributed by atoms with Gasteiger partial charge in [0, 0.05) is 17.5 Å². The first-order valence-corrected chi connectivity index (χ1v) is 6.84. The lowest BCUT2D eigenvalue weighted by Crippen LogP contribution is -2.27. The molecule has 1 aliphatic heterocycles. The Balaban J connectivity index is 2.45. The molecule has 18 heavy (non-hydrogen) atoms. The fraction of sp³-hybridized carbons (Fsp3) is 0.364. The second-order valence-electron chi connectivity index (χ2n) is 4.29. The van der Waals surface area contributed by atoms with E-state index in [4.69, 9.17) is 4.74 Å². The van der Waals surface area contributed by atoms with E-state index in [0.717, 1.165) is 0 Å².